The number of piperazine rings is 1. The van der Waals surface area contributed by atoms with Crippen LogP contribution in [-0.2, 0) is 19.6 Å². The third kappa shape index (κ3) is 5.24. The van der Waals surface area contributed by atoms with Crippen LogP contribution in [0, 0.1) is 0 Å². The van der Waals surface area contributed by atoms with Crippen molar-refractivity contribution in [3.8, 4) is 5.75 Å². The minimum atomic E-state index is -4.13. The van der Waals surface area contributed by atoms with Gasteiger partial charge in [0.05, 0.1) is 29.3 Å². The molecule has 0 saturated carbocycles. The fourth-order valence-electron chi connectivity index (χ4n) is 4.47. The average molecular weight is 546 g/mol. The molecule has 0 atom stereocenters. The molecule has 1 saturated heterocycles. The van der Waals surface area contributed by atoms with Gasteiger partial charge in [-0.15, -0.1) is 5.10 Å². The molecule has 204 valence electrons. The van der Waals surface area contributed by atoms with Gasteiger partial charge in [-0.2, -0.15) is 12.5 Å². The van der Waals surface area contributed by atoms with Crippen molar-refractivity contribution >= 4 is 44.7 Å². The monoisotopic (exact) mass is 545 g/mol. The van der Waals surface area contributed by atoms with Crippen molar-refractivity contribution in [2.24, 2.45) is 0 Å². The number of aromatic nitrogens is 2. The summed E-state index contributed by atoms with van der Waals surface area (Å²) in [7, 11) is -0.118. The van der Waals surface area contributed by atoms with E-state index in [-0.39, 0.29) is 23.7 Å². The van der Waals surface area contributed by atoms with E-state index in [2.05, 4.69) is 21.9 Å². The number of fused-ring (bicyclic) bond motifs is 2. The summed E-state index contributed by atoms with van der Waals surface area (Å²) in [6, 6.07) is 10.2. The highest BCUT2D eigenvalue weighted by molar-refractivity contribution is 7.90. The van der Waals surface area contributed by atoms with Crippen LogP contribution in [0.25, 0.3) is 10.9 Å². The van der Waals surface area contributed by atoms with Gasteiger partial charge < -0.3 is 29.3 Å². The quantitative estimate of drug-likeness (QED) is 0.371. The molecule has 0 amide bonds. The first-order chi connectivity index (χ1) is 18.2. The molecule has 13 heteroatoms. The van der Waals surface area contributed by atoms with Gasteiger partial charge in [0.15, 0.2) is 5.69 Å². The third-order valence-corrected chi connectivity index (χ3v) is 8.11. The lowest BCUT2D eigenvalue weighted by Gasteiger charge is -2.34. The maximum Gasteiger partial charge on any atom is 0.359 e. The Morgan fingerprint density at radius 2 is 1.82 bits per heavy atom. The van der Waals surface area contributed by atoms with Gasteiger partial charge in [-0.05, 0) is 44.3 Å². The number of anilines is 2. The zero-order chi connectivity index (χ0) is 27.4. The molecule has 0 aliphatic carbocycles. The van der Waals surface area contributed by atoms with Gasteiger partial charge >= 0.3 is 5.97 Å². The standard InChI is InChI=1S/C24H29N5O5S.CH2O2/c1-4-33-24(30)23-19-7-5-17(28-11-9-26(2)10-12-28)15-21(19)29(25-23)35(31,32)18-6-8-20-22(16-18)34-14-13-27(20)3;2-1-3/h5-8,15-16H,4,9-14H2,1-3H3;1H,(H,2,3). The first-order valence-corrected chi connectivity index (χ1v) is 13.6. The molecule has 2 aliphatic rings. The smallest absolute Gasteiger partial charge is 0.359 e. The van der Waals surface area contributed by atoms with Crippen molar-refractivity contribution in [2.75, 3.05) is 69.8 Å². The Hall–Kier alpha value is -3.84. The van der Waals surface area contributed by atoms with Crippen molar-refractivity contribution in [3.05, 3.63) is 42.1 Å². The molecule has 3 aromatic rings. The van der Waals surface area contributed by atoms with Gasteiger partial charge in [-0.1, -0.05) is 0 Å². The number of carboxylic acid groups (broad SMARTS) is 1. The van der Waals surface area contributed by atoms with Crippen LogP contribution in [-0.4, -0.2) is 100 Å². The summed E-state index contributed by atoms with van der Waals surface area (Å²) in [5.74, 6) is -0.158. The van der Waals surface area contributed by atoms with Gasteiger partial charge in [0.2, 0.25) is 0 Å². The van der Waals surface area contributed by atoms with E-state index in [1.165, 1.54) is 6.07 Å². The number of carbonyl (C=O) groups is 2. The highest BCUT2D eigenvalue weighted by atomic mass is 32.2. The predicted molar refractivity (Wildman–Crippen MR) is 142 cm³/mol. The zero-order valence-corrected chi connectivity index (χ0v) is 22.3. The second-order valence-corrected chi connectivity index (χ2v) is 10.7. The first kappa shape index (κ1) is 27.2. The molecule has 5 rings (SSSR count). The van der Waals surface area contributed by atoms with Gasteiger partial charge in [0.25, 0.3) is 16.5 Å². The van der Waals surface area contributed by atoms with Gasteiger partial charge in [0.1, 0.15) is 12.4 Å². The van der Waals surface area contributed by atoms with E-state index in [1.807, 2.05) is 18.0 Å². The average Bonchev–Trinajstić information content (AvgIpc) is 3.30. The molecule has 12 nitrogen and oxygen atoms in total. The summed E-state index contributed by atoms with van der Waals surface area (Å²) >= 11 is 0. The summed E-state index contributed by atoms with van der Waals surface area (Å²) < 4.78 is 39.4. The predicted octanol–water partition coefficient (Wildman–Crippen LogP) is 1.73. The Labute approximate surface area is 221 Å². The van der Waals surface area contributed by atoms with Crippen molar-refractivity contribution in [2.45, 2.75) is 11.8 Å². The van der Waals surface area contributed by atoms with E-state index in [1.54, 1.807) is 31.2 Å². The van der Waals surface area contributed by atoms with E-state index in [9.17, 15) is 13.2 Å². The largest absolute Gasteiger partial charge is 0.490 e. The molecular formula is C25H31N5O7S. The van der Waals surface area contributed by atoms with Crippen LogP contribution >= 0.6 is 0 Å². The maximum absolute atomic E-state index is 13.8. The Morgan fingerprint density at radius 3 is 2.50 bits per heavy atom. The van der Waals surface area contributed by atoms with Crippen molar-refractivity contribution in [1.82, 2.24) is 14.1 Å². The molecule has 38 heavy (non-hydrogen) atoms. The second-order valence-electron chi connectivity index (χ2n) is 8.91. The lowest BCUT2D eigenvalue weighted by atomic mass is 10.1. The minimum absolute atomic E-state index is 0.0238. The first-order valence-electron chi connectivity index (χ1n) is 12.2. The number of likely N-dealkylation sites (N-methyl/N-ethyl adjacent to an activating group) is 2. The summed E-state index contributed by atoms with van der Waals surface area (Å²) in [6.07, 6.45) is 0. The fraction of sp³-hybridized carbons (Fsp3) is 0.400. The number of rotatable bonds is 5. The van der Waals surface area contributed by atoms with Crippen LogP contribution in [0.4, 0.5) is 11.4 Å². The molecular weight excluding hydrogens is 514 g/mol. The maximum atomic E-state index is 13.8. The topological polar surface area (TPSA) is 135 Å². The fourth-order valence-corrected chi connectivity index (χ4v) is 5.77. The Balaban J connectivity index is 0.00000107. The summed E-state index contributed by atoms with van der Waals surface area (Å²) in [4.78, 5) is 27.5. The Morgan fingerprint density at radius 1 is 1.11 bits per heavy atom. The van der Waals surface area contributed by atoms with Crippen molar-refractivity contribution in [3.63, 3.8) is 0 Å². The highest BCUT2D eigenvalue weighted by Gasteiger charge is 2.29. The molecule has 0 unspecified atom stereocenters. The van der Waals surface area contributed by atoms with E-state index in [0.29, 0.717) is 23.3 Å². The van der Waals surface area contributed by atoms with Crippen LogP contribution in [0.5, 0.6) is 5.75 Å². The molecule has 2 aromatic carbocycles. The van der Waals surface area contributed by atoms with E-state index in [4.69, 9.17) is 19.4 Å². The number of benzene rings is 2. The van der Waals surface area contributed by atoms with Gasteiger partial charge in [-0.3, -0.25) is 4.79 Å². The normalized spacial score (nSPS) is 15.8. The van der Waals surface area contributed by atoms with Crippen LogP contribution in [0.3, 0.4) is 0 Å². The number of ether oxygens (including phenoxy) is 2. The number of hydrogen-bond donors (Lipinski definition) is 1. The Bertz CT molecular complexity index is 1430. The molecule has 1 aromatic heterocycles. The number of nitrogens with zero attached hydrogens (tertiary/aromatic N) is 5. The molecule has 0 bridgehead atoms. The SMILES string of the molecule is CCOC(=O)c1nn(S(=O)(=O)c2ccc3c(c2)OCCN3C)c2cc(N3CCN(C)CC3)ccc12.O=CO. The van der Waals surface area contributed by atoms with Crippen molar-refractivity contribution < 1.29 is 32.6 Å². The lowest BCUT2D eigenvalue weighted by Crippen LogP contribution is -2.44. The second kappa shape index (κ2) is 11.3. The lowest BCUT2D eigenvalue weighted by molar-refractivity contribution is -0.122. The van der Waals surface area contributed by atoms with Gasteiger partial charge in [0, 0.05) is 50.4 Å². The van der Waals surface area contributed by atoms with E-state index < -0.39 is 16.0 Å². The molecule has 1 fully saturated rings. The van der Waals surface area contributed by atoms with E-state index in [0.717, 1.165) is 48.2 Å². The van der Waals surface area contributed by atoms with Crippen molar-refractivity contribution in [1.29, 1.82) is 0 Å². The summed E-state index contributed by atoms with van der Waals surface area (Å²) in [5.41, 5.74) is 2.02. The van der Waals surface area contributed by atoms with Crippen LogP contribution in [0.1, 0.15) is 17.4 Å². The minimum Gasteiger partial charge on any atom is -0.490 e. The van der Waals surface area contributed by atoms with Crippen LogP contribution < -0.4 is 14.5 Å². The van der Waals surface area contributed by atoms with Crippen LogP contribution in [0.2, 0.25) is 0 Å². The molecule has 0 radical (unpaired) electrons. The Kier molecular flexibility index (Phi) is 8.07. The number of esters is 1. The number of hydrogen-bond acceptors (Lipinski definition) is 10. The number of carbonyl (C=O) groups excluding carboxylic acids is 1. The zero-order valence-electron chi connectivity index (χ0n) is 21.5. The molecule has 2 aliphatic heterocycles. The summed E-state index contributed by atoms with van der Waals surface area (Å²) in [5, 5.41) is 11.6. The third-order valence-electron chi connectivity index (χ3n) is 6.52. The molecule has 3 heterocycles. The molecule has 1 N–H and O–H groups in total. The molecule has 0 spiro atoms. The highest BCUT2D eigenvalue weighted by Crippen LogP contribution is 2.35. The van der Waals surface area contributed by atoms with E-state index >= 15 is 0 Å². The van der Waals surface area contributed by atoms with Crippen LogP contribution in [0.15, 0.2) is 41.3 Å². The van der Waals surface area contributed by atoms with Gasteiger partial charge in [-0.25, -0.2) is 4.79 Å². The summed E-state index contributed by atoms with van der Waals surface area (Å²) in [6.45, 7) is 6.27.